The van der Waals surface area contributed by atoms with Crippen molar-refractivity contribution in [2.75, 3.05) is 0 Å². The van der Waals surface area contributed by atoms with Crippen LogP contribution < -0.4 is 0 Å². The molecule has 0 saturated heterocycles. The smallest absolute Gasteiger partial charge is 0.339 e. The van der Waals surface area contributed by atoms with E-state index in [9.17, 15) is 30.0 Å². The SMILES string of the molecule is CCCC(C)CC(C)(c1ccc(O)c(C(=O)O)c1)c1ccc(O)c(C(=O)O)c1. The Labute approximate surface area is 164 Å². The standard InChI is InChI=1S/C22H26O6/c1-4-5-13(2)12-22(3,14-6-8-18(23)16(10-14)20(25)26)15-7-9-19(24)17(11-15)21(27)28/h6-11,13,23-24H,4-5,12H2,1-3H3,(H,25,26)(H,27,28). The highest BCUT2D eigenvalue weighted by Crippen LogP contribution is 2.41. The highest BCUT2D eigenvalue weighted by Gasteiger charge is 2.33. The normalized spacial score (nSPS) is 12.5. The van der Waals surface area contributed by atoms with Crippen LogP contribution in [0.5, 0.6) is 11.5 Å². The highest BCUT2D eigenvalue weighted by molar-refractivity contribution is 5.92. The number of rotatable bonds is 8. The largest absolute Gasteiger partial charge is 0.507 e. The lowest BCUT2D eigenvalue weighted by Gasteiger charge is -2.34. The molecule has 0 amide bonds. The van der Waals surface area contributed by atoms with E-state index >= 15 is 0 Å². The van der Waals surface area contributed by atoms with E-state index in [1.807, 2.05) is 6.92 Å². The van der Waals surface area contributed by atoms with E-state index in [1.165, 1.54) is 24.3 Å². The first-order valence-electron chi connectivity index (χ1n) is 9.23. The molecule has 1 atom stereocenters. The average Bonchev–Trinajstić information content (AvgIpc) is 2.61. The molecule has 0 aromatic heterocycles. The quantitative estimate of drug-likeness (QED) is 0.526. The van der Waals surface area contributed by atoms with Crippen molar-refractivity contribution in [3.63, 3.8) is 0 Å². The molecule has 28 heavy (non-hydrogen) atoms. The summed E-state index contributed by atoms with van der Waals surface area (Å²) in [6.07, 6.45) is 2.60. The number of carboxylic acids is 2. The average molecular weight is 386 g/mol. The fourth-order valence-electron chi connectivity index (χ4n) is 3.80. The third-order valence-electron chi connectivity index (χ3n) is 5.27. The molecule has 4 N–H and O–H groups in total. The number of carboxylic acid groups (broad SMARTS) is 2. The molecule has 0 aliphatic heterocycles. The predicted molar refractivity (Wildman–Crippen MR) is 105 cm³/mol. The lowest BCUT2D eigenvalue weighted by Crippen LogP contribution is -2.27. The van der Waals surface area contributed by atoms with E-state index in [4.69, 9.17) is 0 Å². The molecule has 1 unspecified atom stereocenters. The van der Waals surface area contributed by atoms with Gasteiger partial charge >= 0.3 is 11.9 Å². The van der Waals surface area contributed by atoms with Crippen LogP contribution >= 0.6 is 0 Å². The summed E-state index contributed by atoms with van der Waals surface area (Å²) in [5.41, 5.74) is 0.207. The number of benzene rings is 2. The molecule has 2 rings (SSSR count). The summed E-state index contributed by atoms with van der Waals surface area (Å²) < 4.78 is 0. The molecule has 0 aliphatic rings. The van der Waals surface area contributed by atoms with Crippen LogP contribution in [-0.2, 0) is 5.41 Å². The lowest BCUT2D eigenvalue weighted by molar-refractivity contribution is 0.0682. The Morgan fingerprint density at radius 3 is 1.71 bits per heavy atom. The molecule has 6 nitrogen and oxygen atoms in total. The number of hydrogen-bond donors (Lipinski definition) is 4. The molecule has 0 fully saturated rings. The zero-order chi connectivity index (χ0) is 21.1. The van der Waals surface area contributed by atoms with E-state index in [0.717, 1.165) is 12.8 Å². The maximum atomic E-state index is 11.5. The molecule has 2 aromatic carbocycles. The second-order valence-electron chi connectivity index (χ2n) is 7.50. The first-order chi connectivity index (χ1) is 13.1. The molecule has 0 spiro atoms. The van der Waals surface area contributed by atoms with Gasteiger partial charge in [-0.1, -0.05) is 45.7 Å². The number of phenols is 2. The van der Waals surface area contributed by atoms with Gasteiger partial charge in [0, 0.05) is 5.41 Å². The van der Waals surface area contributed by atoms with Crippen LogP contribution in [0, 0.1) is 5.92 Å². The Hall–Kier alpha value is -3.02. The Morgan fingerprint density at radius 2 is 1.36 bits per heavy atom. The van der Waals surface area contributed by atoms with Gasteiger partial charge in [0.1, 0.15) is 22.6 Å². The van der Waals surface area contributed by atoms with Crippen LogP contribution in [-0.4, -0.2) is 32.4 Å². The van der Waals surface area contributed by atoms with Gasteiger partial charge in [-0.2, -0.15) is 0 Å². The van der Waals surface area contributed by atoms with Gasteiger partial charge in [-0.15, -0.1) is 0 Å². The fourth-order valence-corrected chi connectivity index (χ4v) is 3.80. The van der Waals surface area contributed by atoms with Crippen molar-refractivity contribution >= 4 is 11.9 Å². The van der Waals surface area contributed by atoms with Crippen LogP contribution in [0.25, 0.3) is 0 Å². The molecule has 0 radical (unpaired) electrons. The summed E-state index contributed by atoms with van der Waals surface area (Å²) in [5.74, 6) is -2.83. The zero-order valence-corrected chi connectivity index (χ0v) is 16.3. The Bertz CT molecular complexity index is 823. The monoisotopic (exact) mass is 386 g/mol. The Kier molecular flexibility index (Phi) is 6.33. The van der Waals surface area contributed by atoms with Gasteiger partial charge in [0.25, 0.3) is 0 Å². The highest BCUT2D eigenvalue weighted by atomic mass is 16.4. The topological polar surface area (TPSA) is 115 Å². The van der Waals surface area contributed by atoms with Crippen LogP contribution in [0.3, 0.4) is 0 Å². The number of aromatic carboxylic acids is 2. The molecular formula is C22H26O6. The van der Waals surface area contributed by atoms with Crippen LogP contribution in [0.4, 0.5) is 0 Å². The third-order valence-corrected chi connectivity index (χ3v) is 5.27. The van der Waals surface area contributed by atoms with Crippen molar-refractivity contribution < 1.29 is 30.0 Å². The molecule has 0 saturated carbocycles. The van der Waals surface area contributed by atoms with Crippen LogP contribution in [0.2, 0.25) is 0 Å². The summed E-state index contributed by atoms with van der Waals surface area (Å²) >= 11 is 0. The van der Waals surface area contributed by atoms with Crippen molar-refractivity contribution in [1.82, 2.24) is 0 Å². The first-order valence-corrected chi connectivity index (χ1v) is 9.23. The zero-order valence-electron chi connectivity index (χ0n) is 16.3. The van der Waals surface area contributed by atoms with Crippen LogP contribution in [0.1, 0.15) is 71.9 Å². The fraction of sp³-hybridized carbons (Fsp3) is 0.364. The van der Waals surface area contributed by atoms with Crippen molar-refractivity contribution in [2.45, 2.75) is 45.4 Å². The van der Waals surface area contributed by atoms with Gasteiger partial charge in [0.15, 0.2) is 0 Å². The summed E-state index contributed by atoms with van der Waals surface area (Å²) in [6, 6.07) is 8.88. The molecule has 6 heteroatoms. The molecule has 0 bridgehead atoms. The van der Waals surface area contributed by atoms with Gasteiger partial charge < -0.3 is 20.4 Å². The summed E-state index contributed by atoms with van der Waals surface area (Å²) in [7, 11) is 0. The van der Waals surface area contributed by atoms with Crippen molar-refractivity contribution in [1.29, 1.82) is 0 Å². The van der Waals surface area contributed by atoms with E-state index in [1.54, 1.807) is 12.1 Å². The van der Waals surface area contributed by atoms with E-state index in [0.29, 0.717) is 23.5 Å². The molecule has 0 heterocycles. The Balaban J connectivity index is 2.68. The number of hydrogen-bond acceptors (Lipinski definition) is 4. The third kappa shape index (κ3) is 4.27. The van der Waals surface area contributed by atoms with Gasteiger partial charge in [-0.3, -0.25) is 0 Å². The first kappa shape index (κ1) is 21.3. The van der Waals surface area contributed by atoms with E-state index < -0.39 is 17.4 Å². The number of carbonyl (C=O) groups is 2. The maximum absolute atomic E-state index is 11.5. The van der Waals surface area contributed by atoms with Gasteiger partial charge in [-0.05, 0) is 47.7 Å². The Morgan fingerprint density at radius 1 is 0.929 bits per heavy atom. The van der Waals surface area contributed by atoms with E-state index in [2.05, 4.69) is 13.8 Å². The second-order valence-corrected chi connectivity index (χ2v) is 7.50. The van der Waals surface area contributed by atoms with Crippen molar-refractivity contribution in [3.8, 4) is 11.5 Å². The summed E-state index contributed by atoms with van der Waals surface area (Å²) in [6.45, 7) is 6.11. The minimum Gasteiger partial charge on any atom is -0.507 e. The molecule has 150 valence electrons. The maximum Gasteiger partial charge on any atom is 0.339 e. The van der Waals surface area contributed by atoms with Crippen molar-refractivity contribution in [2.24, 2.45) is 5.92 Å². The molecular weight excluding hydrogens is 360 g/mol. The molecule has 0 aliphatic carbocycles. The minimum absolute atomic E-state index is 0.205. The second kappa shape index (κ2) is 8.33. The van der Waals surface area contributed by atoms with E-state index in [-0.39, 0.29) is 22.6 Å². The van der Waals surface area contributed by atoms with Gasteiger partial charge in [0.2, 0.25) is 0 Å². The minimum atomic E-state index is -1.24. The summed E-state index contributed by atoms with van der Waals surface area (Å²) in [4.78, 5) is 23.0. The van der Waals surface area contributed by atoms with Crippen LogP contribution in [0.15, 0.2) is 36.4 Å². The summed E-state index contributed by atoms with van der Waals surface area (Å²) in [5, 5.41) is 38.5. The lowest BCUT2D eigenvalue weighted by atomic mass is 9.69. The predicted octanol–water partition coefficient (Wildman–Crippen LogP) is 4.63. The van der Waals surface area contributed by atoms with Gasteiger partial charge in [0.05, 0.1) is 0 Å². The van der Waals surface area contributed by atoms with Gasteiger partial charge in [-0.25, -0.2) is 9.59 Å². The van der Waals surface area contributed by atoms with Crippen molar-refractivity contribution in [3.05, 3.63) is 58.7 Å². The number of aromatic hydroxyl groups is 2. The molecule has 2 aromatic rings.